The van der Waals surface area contributed by atoms with Crippen LogP contribution < -0.4 is 4.90 Å². The van der Waals surface area contributed by atoms with Crippen LogP contribution in [0.2, 0.25) is 0 Å². The van der Waals surface area contributed by atoms with E-state index in [-0.39, 0.29) is 5.54 Å². The van der Waals surface area contributed by atoms with Crippen LogP contribution >= 0.6 is 0 Å². The molecule has 1 heteroatoms. The Labute approximate surface area is 128 Å². The van der Waals surface area contributed by atoms with Crippen LogP contribution in [0, 0.1) is 5.92 Å². The van der Waals surface area contributed by atoms with Crippen molar-refractivity contribution < 1.29 is 0 Å². The molecule has 2 aromatic rings. The van der Waals surface area contributed by atoms with E-state index in [2.05, 4.69) is 79.4 Å². The minimum Gasteiger partial charge on any atom is -0.335 e. The fraction of sp³-hybridized carbons (Fsp3) is 0.400. The highest BCUT2D eigenvalue weighted by Gasteiger charge is 2.45. The summed E-state index contributed by atoms with van der Waals surface area (Å²) in [6.45, 7) is 4.75. The number of anilines is 2. The maximum Gasteiger partial charge on any atom is 0.0451 e. The second-order valence-corrected chi connectivity index (χ2v) is 6.39. The minimum absolute atomic E-state index is 0.220. The molecule has 0 aromatic heterocycles. The molecule has 110 valence electrons. The van der Waals surface area contributed by atoms with Gasteiger partial charge in [-0.05, 0) is 56.4 Å². The second-order valence-electron chi connectivity index (χ2n) is 6.39. The van der Waals surface area contributed by atoms with Crippen LogP contribution in [0.1, 0.15) is 39.5 Å². The van der Waals surface area contributed by atoms with Gasteiger partial charge in [-0.25, -0.2) is 0 Å². The summed E-state index contributed by atoms with van der Waals surface area (Å²) in [6, 6.07) is 21.7. The van der Waals surface area contributed by atoms with Crippen LogP contribution in [0.15, 0.2) is 60.7 Å². The minimum atomic E-state index is 0.220. The Balaban J connectivity index is 2.07. The summed E-state index contributed by atoms with van der Waals surface area (Å²) in [4.78, 5) is 2.58. The summed E-state index contributed by atoms with van der Waals surface area (Å²) in [5, 5.41) is 0. The van der Waals surface area contributed by atoms with Gasteiger partial charge in [-0.3, -0.25) is 0 Å². The van der Waals surface area contributed by atoms with Crippen molar-refractivity contribution in [2.45, 2.75) is 45.1 Å². The number of hydrogen-bond donors (Lipinski definition) is 0. The lowest BCUT2D eigenvalue weighted by atomic mass is 9.87. The Bertz CT molecular complexity index is 519. The van der Waals surface area contributed by atoms with Crippen molar-refractivity contribution >= 4 is 11.4 Å². The van der Waals surface area contributed by atoms with E-state index in [1.54, 1.807) is 0 Å². The Morgan fingerprint density at radius 2 is 1.38 bits per heavy atom. The van der Waals surface area contributed by atoms with Gasteiger partial charge in [-0.15, -0.1) is 0 Å². The topological polar surface area (TPSA) is 3.24 Å². The molecule has 1 fully saturated rings. The highest BCUT2D eigenvalue weighted by Crippen LogP contribution is 2.49. The summed E-state index contributed by atoms with van der Waals surface area (Å²) < 4.78 is 0. The van der Waals surface area contributed by atoms with Gasteiger partial charge >= 0.3 is 0 Å². The van der Waals surface area contributed by atoms with Crippen molar-refractivity contribution in [1.29, 1.82) is 0 Å². The number of benzene rings is 2. The molecule has 0 bridgehead atoms. The fourth-order valence-electron chi connectivity index (χ4n) is 3.60. The third-order valence-electron chi connectivity index (χ3n) is 4.75. The van der Waals surface area contributed by atoms with Gasteiger partial charge in [0.2, 0.25) is 0 Å². The van der Waals surface area contributed by atoms with E-state index < -0.39 is 0 Å². The zero-order valence-electron chi connectivity index (χ0n) is 13.1. The molecular weight excluding hydrogens is 254 g/mol. The zero-order valence-corrected chi connectivity index (χ0v) is 13.1. The molecular formula is C20H25N. The van der Waals surface area contributed by atoms with Gasteiger partial charge in [0, 0.05) is 16.9 Å². The monoisotopic (exact) mass is 279 g/mol. The van der Waals surface area contributed by atoms with Gasteiger partial charge in [-0.1, -0.05) is 49.7 Å². The van der Waals surface area contributed by atoms with Gasteiger partial charge in [0.25, 0.3) is 0 Å². The molecule has 0 radical (unpaired) electrons. The first kappa shape index (κ1) is 14.2. The summed E-state index contributed by atoms with van der Waals surface area (Å²) in [6.07, 6.45) is 5.20. The van der Waals surface area contributed by atoms with E-state index in [0.29, 0.717) is 0 Å². The van der Waals surface area contributed by atoms with Gasteiger partial charge in [0.05, 0.1) is 0 Å². The molecule has 1 unspecified atom stereocenters. The molecule has 0 N–H and O–H groups in total. The normalized spacial score (nSPS) is 17.2. The first-order valence-electron chi connectivity index (χ1n) is 8.16. The molecule has 1 nitrogen and oxygen atoms in total. The molecule has 1 atom stereocenters. The molecule has 1 saturated carbocycles. The van der Waals surface area contributed by atoms with Crippen molar-refractivity contribution in [3.63, 3.8) is 0 Å². The predicted octanol–water partition coefficient (Wildman–Crippen LogP) is 5.79. The quantitative estimate of drug-likeness (QED) is 0.646. The third kappa shape index (κ3) is 2.83. The average Bonchev–Trinajstić information content (AvgIpc) is 3.35. The molecule has 1 aliphatic carbocycles. The molecule has 0 amide bonds. The van der Waals surface area contributed by atoms with Crippen LogP contribution in [0.3, 0.4) is 0 Å². The number of hydrogen-bond acceptors (Lipinski definition) is 1. The fourth-order valence-corrected chi connectivity index (χ4v) is 3.60. The molecule has 3 rings (SSSR count). The zero-order chi connectivity index (χ0) is 14.7. The smallest absolute Gasteiger partial charge is 0.0451 e. The van der Waals surface area contributed by atoms with Crippen molar-refractivity contribution in [2.75, 3.05) is 4.90 Å². The Morgan fingerprint density at radius 3 is 1.76 bits per heavy atom. The lowest BCUT2D eigenvalue weighted by Crippen LogP contribution is -2.45. The number of nitrogens with zero attached hydrogens (tertiary/aromatic N) is 1. The lowest BCUT2D eigenvalue weighted by Gasteiger charge is -2.44. The number of para-hydroxylation sites is 2. The second kappa shape index (κ2) is 5.93. The van der Waals surface area contributed by atoms with Gasteiger partial charge < -0.3 is 4.90 Å². The molecule has 0 spiro atoms. The van der Waals surface area contributed by atoms with E-state index in [0.717, 1.165) is 5.92 Å². The van der Waals surface area contributed by atoms with Crippen LogP contribution in [-0.2, 0) is 0 Å². The molecule has 21 heavy (non-hydrogen) atoms. The van der Waals surface area contributed by atoms with E-state index >= 15 is 0 Å². The van der Waals surface area contributed by atoms with Gasteiger partial charge in [0.15, 0.2) is 0 Å². The highest BCUT2D eigenvalue weighted by molar-refractivity contribution is 5.66. The molecule has 0 saturated heterocycles. The molecule has 2 aromatic carbocycles. The van der Waals surface area contributed by atoms with Gasteiger partial charge in [-0.2, -0.15) is 0 Å². The highest BCUT2D eigenvalue weighted by atomic mass is 15.2. The SMILES string of the molecule is CCCC(C)(C1CC1)N(c1ccccc1)c1ccccc1. The van der Waals surface area contributed by atoms with Crippen molar-refractivity contribution in [2.24, 2.45) is 5.92 Å². The first-order valence-corrected chi connectivity index (χ1v) is 8.16. The van der Waals surface area contributed by atoms with Gasteiger partial charge in [0.1, 0.15) is 0 Å². The van der Waals surface area contributed by atoms with E-state index in [9.17, 15) is 0 Å². The third-order valence-corrected chi connectivity index (χ3v) is 4.75. The Morgan fingerprint density at radius 1 is 0.905 bits per heavy atom. The summed E-state index contributed by atoms with van der Waals surface area (Å²) >= 11 is 0. The summed E-state index contributed by atoms with van der Waals surface area (Å²) in [5.74, 6) is 0.817. The number of rotatable bonds is 6. The Hall–Kier alpha value is -1.76. The van der Waals surface area contributed by atoms with E-state index in [1.165, 1.54) is 37.1 Å². The maximum atomic E-state index is 2.58. The standard InChI is InChI=1S/C20H25N/c1-3-16-20(2,17-14-15-17)21(18-10-6-4-7-11-18)19-12-8-5-9-13-19/h4-13,17H,3,14-16H2,1-2H3. The predicted molar refractivity (Wildman–Crippen MR) is 91.1 cm³/mol. The van der Waals surface area contributed by atoms with E-state index in [1.807, 2.05) is 0 Å². The van der Waals surface area contributed by atoms with Crippen molar-refractivity contribution in [3.05, 3.63) is 60.7 Å². The van der Waals surface area contributed by atoms with Crippen LogP contribution in [0.4, 0.5) is 11.4 Å². The first-order chi connectivity index (χ1) is 10.3. The average molecular weight is 279 g/mol. The largest absolute Gasteiger partial charge is 0.335 e. The van der Waals surface area contributed by atoms with Crippen LogP contribution in [0.25, 0.3) is 0 Å². The molecule has 0 aliphatic heterocycles. The molecule has 1 aliphatic rings. The van der Waals surface area contributed by atoms with Crippen LogP contribution in [-0.4, -0.2) is 5.54 Å². The van der Waals surface area contributed by atoms with Crippen LogP contribution in [0.5, 0.6) is 0 Å². The van der Waals surface area contributed by atoms with E-state index in [4.69, 9.17) is 0 Å². The summed E-state index contributed by atoms with van der Waals surface area (Å²) in [5.41, 5.74) is 2.84. The lowest BCUT2D eigenvalue weighted by molar-refractivity contribution is 0.368. The Kier molecular flexibility index (Phi) is 4.01. The molecule has 0 heterocycles. The van der Waals surface area contributed by atoms with Crippen molar-refractivity contribution in [1.82, 2.24) is 0 Å². The maximum absolute atomic E-state index is 2.58. The summed E-state index contributed by atoms with van der Waals surface area (Å²) in [7, 11) is 0. The van der Waals surface area contributed by atoms with Crippen molar-refractivity contribution in [3.8, 4) is 0 Å².